The summed E-state index contributed by atoms with van der Waals surface area (Å²) in [6.45, 7) is 0. The first-order chi connectivity index (χ1) is 8.83. The third-order valence-electron chi connectivity index (χ3n) is 2.60. The number of rotatable bonds is 4. The van der Waals surface area contributed by atoms with Gasteiger partial charge in [0.25, 0.3) is 0 Å². The first-order valence-electron chi connectivity index (χ1n) is 5.63. The predicted molar refractivity (Wildman–Crippen MR) is 72.7 cm³/mol. The van der Waals surface area contributed by atoms with Crippen LogP contribution in [-0.2, 0) is 0 Å². The number of pyridine rings is 1. The van der Waals surface area contributed by atoms with Gasteiger partial charge in [-0.25, -0.2) is 0 Å². The van der Waals surface area contributed by atoms with E-state index < -0.39 is 0 Å². The maximum absolute atomic E-state index is 5.33. The van der Waals surface area contributed by atoms with Crippen molar-refractivity contribution in [2.75, 3.05) is 14.2 Å². The lowest BCUT2D eigenvalue weighted by Crippen LogP contribution is -1.89. The number of hydrogen-bond donors (Lipinski definition) is 0. The summed E-state index contributed by atoms with van der Waals surface area (Å²) in [7, 11) is 3.29. The predicted octanol–water partition coefficient (Wildman–Crippen LogP) is 3.27. The van der Waals surface area contributed by atoms with Gasteiger partial charge in [0.1, 0.15) is 11.5 Å². The lowest BCUT2D eigenvalue weighted by atomic mass is 10.1. The van der Waals surface area contributed by atoms with Crippen molar-refractivity contribution in [3.63, 3.8) is 0 Å². The minimum absolute atomic E-state index is 0.785. The van der Waals surface area contributed by atoms with Crippen LogP contribution in [0.1, 0.15) is 11.1 Å². The van der Waals surface area contributed by atoms with Crippen LogP contribution >= 0.6 is 0 Å². The van der Waals surface area contributed by atoms with Gasteiger partial charge in [0.05, 0.1) is 14.2 Å². The molecule has 2 rings (SSSR count). The molecule has 92 valence electrons. The van der Waals surface area contributed by atoms with E-state index in [1.54, 1.807) is 26.6 Å². The summed E-state index contributed by atoms with van der Waals surface area (Å²) >= 11 is 0. The van der Waals surface area contributed by atoms with Crippen molar-refractivity contribution < 1.29 is 9.47 Å². The van der Waals surface area contributed by atoms with Crippen molar-refractivity contribution in [1.82, 2.24) is 4.98 Å². The van der Waals surface area contributed by atoms with Gasteiger partial charge in [0.2, 0.25) is 0 Å². The zero-order valence-electron chi connectivity index (χ0n) is 10.5. The van der Waals surface area contributed by atoms with Gasteiger partial charge >= 0.3 is 0 Å². The minimum atomic E-state index is 0.785. The third kappa shape index (κ3) is 2.88. The van der Waals surface area contributed by atoms with Crippen LogP contribution in [0, 0.1) is 0 Å². The zero-order chi connectivity index (χ0) is 12.8. The van der Waals surface area contributed by atoms with Gasteiger partial charge in [-0.1, -0.05) is 12.2 Å². The van der Waals surface area contributed by atoms with Crippen LogP contribution < -0.4 is 9.47 Å². The highest BCUT2D eigenvalue weighted by atomic mass is 16.5. The van der Waals surface area contributed by atoms with E-state index in [4.69, 9.17) is 9.47 Å². The van der Waals surface area contributed by atoms with Crippen molar-refractivity contribution in [2.45, 2.75) is 0 Å². The second-order valence-electron chi connectivity index (χ2n) is 3.72. The van der Waals surface area contributed by atoms with Gasteiger partial charge in [-0.05, 0) is 29.8 Å². The number of aromatic nitrogens is 1. The molecule has 0 spiro atoms. The van der Waals surface area contributed by atoms with E-state index in [-0.39, 0.29) is 0 Å². The molecular formula is C15H15NO2. The Bertz CT molecular complexity index is 535. The van der Waals surface area contributed by atoms with E-state index in [2.05, 4.69) is 4.98 Å². The summed E-state index contributed by atoms with van der Waals surface area (Å²) in [5, 5.41) is 0. The Labute approximate surface area is 107 Å². The molecule has 0 saturated carbocycles. The Morgan fingerprint density at radius 3 is 2.39 bits per heavy atom. The monoisotopic (exact) mass is 241 g/mol. The molecule has 1 aromatic heterocycles. The van der Waals surface area contributed by atoms with Crippen LogP contribution in [0.25, 0.3) is 12.2 Å². The maximum Gasteiger partial charge on any atom is 0.129 e. The molecular weight excluding hydrogens is 226 g/mol. The van der Waals surface area contributed by atoms with Crippen LogP contribution in [-0.4, -0.2) is 19.2 Å². The summed E-state index contributed by atoms with van der Waals surface area (Å²) in [5.41, 5.74) is 2.11. The van der Waals surface area contributed by atoms with E-state index in [0.717, 1.165) is 22.6 Å². The molecule has 0 aliphatic heterocycles. The van der Waals surface area contributed by atoms with Gasteiger partial charge in [0, 0.05) is 24.0 Å². The van der Waals surface area contributed by atoms with Crippen molar-refractivity contribution in [3.05, 3.63) is 53.9 Å². The smallest absolute Gasteiger partial charge is 0.129 e. The highest BCUT2D eigenvalue weighted by Gasteiger charge is 2.01. The molecule has 0 radical (unpaired) electrons. The fraction of sp³-hybridized carbons (Fsp3) is 0.133. The third-order valence-corrected chi connectivity index (χ3v) is 2.60. The largest absolute Gasteiger partial charge is 0.497 e. The summed E-state index contributed by atoms with van der Waals surface area (Å²) < 4.78 is 10.5. The van der Waals surface area contributed by atoms with Crippen molar-refractivity contribution in [1.29, 1.82) is 0 Å². The summed E-state index contributed by atoms with van der Waals surface area (Å²) in [5.74, 6) is 1.58. The molecule has 0 saturated heterocycles. The second-order valence-corrected chi connectivity index (χ2v) is 3.72. The highest BCUT2D eigenvalue weighted by Crippen LogP contribution is 2.26. The lowest BCUT2D eigenvalue weighted by Gasteiger charge is -2.07. The van der Waals surface area contributed by atoms with Crippen molar-refractivity contribution >= 4 is 12.2 Å². The average Bonchev–Trinajstić information content (AvgIpc) is 2.46. The normalized spacial score (nSPS) is 10.6. The molecule has 3 heteroatoms. The number of nitrogens with zero attached hydrogens (tertiary/aromatic N) is 1. The number of hydrogen-bond acceptors (Lipinski definition) is 3. The molecule has 0 aliphatic rings. The molecule has 0 amide bonds. The lowest BCUT2D eigenvalue weighted by molar-refractivity contribution is 0.394. The van der Waals surface area contributed by atoms with Gasteiger partial charge in [0.15, 0.2) is 0 Å². The standard InChI is InChI=1S/C15H15NO2/c1-17-14-6-5-13(15(11-14)18-2)4-3-12-7-9-16-10-8-12/h3-11H,1-2H3/b4-3+. The van der Waals surface area contributed by atoms with Gasteiger partial charge in [-0.15, -0.1) is 0 Å². The van der Waals surface area contributed by atoms with Crippen LogP contribution in [0.2, 0.25) is 0 Å². The minimum Gasteiger partial charge on any atom is -0.497 e. The van der Waals surface area contributed by atoms with Gasteiger partial charge in [-0.2, -0.15) is 0 Å². The quantitative estimate of drug-likeness (QED) is 0.823. The van der Waals surface area contributed by atoms with E-state index in [0.29, 0.717) is 0 Å². The van der Waals surface area contributed by atoms with E-state index >= 15 is 0 Å². The van der Waals surface area contributed by atoms with Gasteiger partial charge < -0.3 is 9.47 Å². The van der Waals surface area contributed by atoms with E-state index in [9.17, 15) is 0 Å². The second kappa shape index (κ2) is 5.87. The molecule has 0 N–H and O–H groups in total. The van der Waals surface area contributed by atoms with E-state index in [1.807, 2.05) is 42.5 Å². The zero-order valence-corrected chi connectivity index (χ0v) is 10.5. The first-order valence-corrected chi connectivity index (χ1v) is 5.63. The Morgan fingerprint density at radius 1 is 0.944 bits per heavy atom. The Morgan fingerprint density at radius 2 is 1.72 bits per heavy atom. The topological polar surface area (TPSA) is 31.4 Å². The SMILES string of the molecule is COc1ccc(/C=C/c2ccncc2)c(OC)c1. The fourth-order valence-electron chi connectivity index (χ4n) is 1.62. The molecule has 0 bridgehead atoms. The summed E-state index contributed by atoms with van der Waals surface area (Å²) in [6.07, 6.45) is 7.56. The molecule has 3 nitrogen and oxygen atoms in total. The average molecular weight is 241 g/mol. The number of ether oxygens (including phenoxy) is 2. The maximum atomic E-state index is 5.33. The Kier molecular flexibility index (Phi) is 3.97. The summed E-state index contributed by atoms with van der Waals surface area (Å²) in [4.78, 5) is 3.98. The molecule has 2 aromatic rings. The number of benzene rings is 1. The Hall–Kier alpha value is -2.29. The highest BCUT2D eigenvalue weighted by molar-refractivity contribution is 5.72. The molecule has 0 unspecified atom stereocenters. The van der Waals surface area contributed by atoms with E-state index in [1.165, 1.54) is 0 Å². The summed E-state index contributed by atoms with van der Waals surface area (Å²) in [6, 6.07) is 9.65. The van der Waals surface area contributed by atoms with Gasteiger partial charge in [-0.3, -0.25) is 4.98 Å². The number of methoxy groups -OCH3 is 2. The fourth-order valence-corrected chi connectivity index (χ4v) is 1.62. The van der Waals surface area contributed by atoms with Crippen LogP contribution in [0.4, 0.5) is 0 Å². The first kappa shape index (κ1) is 12.2. The molecule has 0 atom stereocenters. The van der Waals surface area contributed by atoms with Crippen LogP contribution in [0.15, 0.2) is 42.7 Å². The molecule has 18 heavy (non-hydrogen) atoms. The molecule has 0 fully saturated rings. The van der Waals surface area contributed by atoms with Crippen molar-refractivity contribution in [3.8, 4) is 11.5 Å². The van der Waals surface area contributed by atoms with Crippen LogP contribution in [0.5, 0.6) is 11.5 Å². The molecule has 0 aliphatic carbocycles. The Balaban J connectivity index is 2.26. The van der Waals surface area contributed by atoms with Crippen LogP contribution in [0.3, 0.4) is 0 Å². The molecule has 1 aromatic carbocycles. The molecule has 1 heterocycles. The van der Waals surface area contributed by atoms with Crippen molar-refractivity contribution in [2.24, 2.45) is 0 Å².